The maximum atomic E-state index is 5.92. The van der Waals surface area contributed by atoms with E-state index in [4.69, 9.17) is 16.3 Å². The summed E-state index contributed by atoms with van der Waals surface area (Å²) in [5, 5.41) is 0. The Morgan fingerprint density at radius 3 is 2.94 bits per heavy atom. The summed E-state index contributed by atoms with van der Waals surface area (Å²) in [6.07, 6.45) is 5.81. The standard InChI is InChI=1S/C12H18N4O/c13-12-8(2-1-5-15-12)11(16-14)9-6-7-3-4-10(9)17-7/h1-2,5,7,9-11,16H,3-4,6,14H2,(H2,13,15). The van der Waals surface area contributed by atoms with Crippen molar-refractivity contribution in [1.29, 1.82) is 0 Å². The molecule has 5 heteroatoms. The summed E-state index contributed by atoms with van der Waals surface area (Å²) < 4.78 is 5.87. The van der Waals surface area contributed by atoms with Gasteiger partial charge in [-0.1, -0.05) is 6.07 Å². The Morgan fingerprint density at radius 2 is 2.35 bits per heavy atom. The second-order valence-electron chi connectivity index (χ2n) is 4.90. The smallest absolute Gasteiger partial charge is 0.128 e. The molecule has 2 aliphatic rings. The molecule has 3 heterocycles. The number of hydrogen-bond donors (Lipinski definition) is 3. The van der Waals surface area contributed by atoms with Gasteiger partial charge in [-0.05, 0) is 25.3 Å². The number of nitrogens with zero attached hydrogens (tertiary/aromatic N) is 1. The highest BCUT2D eigenvalue weighted by atomic mass is 16.5. The molecule has 5 N–H and O–H groups in total. The van der Waals surface area contributed by atoms with Crippen LogP contribution in [0.15, 0.2) is 18.3 Å². The van der Waals surface area contributed by atoms with Gasteiger partial charge in [0, 0.05) is 17.7 Å². The fourth-order valence-electron chi connectivity index (χ4n) is 3.16. The Hall–Kier alpha value is -1.17. The number of ether oxygens (including phenoxy) is 1. The average molecular weight is 234 g/mol. The van der Waals surface area contributed by atoms with Crippen molar-refractivity contribution in [1.82, 2.24) is 10.4 Å². The highest BCUT2D eigenvalue weighted by Gasteiger charge is 2.44. The van der Waals surface area contributed by atoms with Crippen molar-refractivity contribution in [2.45, 2.75) is 37.5 Å². The van der Waals surface area contributed by atoms with Gasteiger partial charge >= 0.3 is 0 Å². The zero-order chi connectivity index (χ0) is 11.8. The number of fused-ring (bicyclic) bond motifs is 2. The first kappa shape index (κ1) is 11.0. The second-order valence-corrected chi connectivity index (χ2v) is 4.90. The first-order valence-electron chi connectivity index (χ1n) is 6.11. The minimum atomic E-state index is 0.0407. The van der Waals surface area contributed by atoms with Crippen LogP contribution in [0, 0.1) is 5.92 Å². The van der Waals surface area contributed by atoms with Gasteiger partial charge in [0.25, 0.3) is 0 Å². The molecular formula is C12H18N4O. The van der Waals surface area contributed by atoms with Crippen LogP contribution < -0.4 is 17.0 Å². The van der Waals surface area contributed by atoms with Crippen molar-refractivity contribution >= 4 is 5.82 Å². The zero-order valence-electron chi connectivity index (χ0n) is 9.67. The van der Waals surface area contributed by atoms with E-state index < -0.39 is 0 Å². The van der Waals surface area contributed by atoms with Crippen LogP contribution in [0.2, 0.25) is 0 Å². The van der Waals surface area contributed by atoms with Crippen LogP contribution in [-0.4, -0.2) is 17.2 Å². The van der Waals surface area contributed by atoms with Crippen molar-refractivity contribution in [3.63, 3.8) is 0 Å². The maximum Gasteiger partial charge on any atom is 0.128 e. The third kappa shape index (κ3) is 1.80. The molecule has 4 atom stereocenters. The molecule has 1 aromatic rings. The fourth-order valence-corrected chi connectivity index (χ4v) is 3.16. The number of anilines is 1. The van der Waals surface area contributed by atoms with E-state index in [-0.39, 0.29) is 6.04 Å². The normalized spacial score (nSPS) is 32.9. The van der Waals surface area contributed by atoms with Crippen molar-refractivity contribution in [3.8, 4) is 0 Å². The predicted octanol–water partition coefficient (Wildman–Crippen LogP) is 0.736. The highest BCUT2D eigenvalue weighted by Crippen LogP contribution is 2.44. The summed E-state index contributed by atoms with van der Waals surface area (Å²) in [7, 11) is 0. The van der Waals surface area contributed by atoms with Crippen LogP contribution in [-0.2, 0) is 4.74 Å². The molecule has 17 heavy (non-hydrogen) atoms. The molecule has 0 aliphatic carbocycles. The van der Waals surface area contributed by atoms with E-state index in [0.29, 0.717) is 23.9 Å². The molecule has 2 bridgehead atoms. The quantitative estimate of drug-likeness (QED) is 0.530. The predicted molar refractivity (Wildman–Crippen MR) is 64.7 cm³/mol. The number of nitrogen functional groups attached to an aromatic ring is 1. The Morgan fingerprint density at radius 1 is 1.47 bits per heavy atom. The summed E-state index contributed by atoms with van der Waals surface area (Å²) in [5.74, 6) is 6.66. The number of rotatable bonds is 3. The molecule has 0 radical (unpaired) electrons. The van der Waals surface area contributed by atoms with Crippen molar-refractivity contribution in [2.24, 2.45) is 11.8 Å². The molecule has 0 spiro atoms. The first-order chi connectivity index (χ1) is 8.29. The minimum absolute atomic E-state index is 0.0407. The van der Waals surface area contributed by atoms with Gasteiger partial charge < -0.3 is 10.5 Å². The maximum absolute atomic E-state index is 5.92. The SMILES string of the molecule is NNC(c1cccnc1N)C1CC2CCC1O2. The van der Waals surface area contributed by atoms with E-state index in [9.17, 15) is 0 Å². The number of nitrogens with one attached hydrogen (secondary N) is 1. The zero-order valence-corrected chi connectivity index (χ0v) is 9.67. The van der Waals surface area contributed by atoms with Crippen LogP contribution in [0.4, 0.5) is 5.82 Å². The summed E-state index contributed by atoms with van der Waals surface area (Å²) in [6.45, 7) is 0. The molecule has 3 rings (SSSR count). The average Bonchev–Trinajstić information content (AvgIpc) is 2.95. The lowest BCUT2D eigenvalue weighted by Gasteiger charge is -2.28. The van der Waals surface area contributed by atoms with Gasteiger partial charge in [-0.3, -0.25) is 11.3 Å². The largest absolute Gasteiger partial charge is 0.383 e. The summed E-state index contributed by atoms with van der Waals surface area (Å²) in [6, 6.07) is 3.92. The summed E-state index contributed by atoms with van der Waals surface area (Å²) in [5.41, 5.74) is 9.78. The summed E-state index contributed by atoms with van der Waals surface area (Å²) in [4.78, 5) is 4.12. The Kier molecular flexibility index (Phi) is 2.74. The number of hydrogen-bond acceptors (Lipinski definition) is 5. The molecule has 0 amide bonds. The second kappa shape index (κ2) is 4.25. The number of nitrogens with two attached hydrogens (primary N) is 2. The number of pyridine rings is 1. The third-order valence-electron chi connectivity index (χ3n) is 3.97. The number of aromatic nitrogens is 1. The van der Waals surface area contributed by atoms with Crippen LogP contribution in [0.3, 0.4) is 0 Å². The Bertz CT molecular complexity index is 411. The molecule has 4 unspecified atom stereocenters. The van der Waals surface area contributed by atoms with Gasteiger partial charge in [0.15, 0.2) is 0 Å². The van der Waals surface area contributed by atoms with Crippen molar-refractivity contribution in [3.05, 3.63) is 23.9 Å². The molecule has 2 fully saturated rings. The minimum Gasteiger partial charge on any atom is -0.383 e. The molecule has 5 nitrogen and oxygen atoms in total. The number of hydrazine groups is 1. The first-order valence-corrected chi connectivity index (χ1v) is 6.11. The van der Waals surface area contributed by atoms with Crippen LogP contribution in [0.25, 0.3) is 0 Å². The molecule has 0 aromatic carbocycles. The van der Waals surface area contributed by atoms with Gasteiger partial charge in [-0.25, -0.2) is 4.98 Å². The molecule has 1 aromatic heterocycles. The monoisotopic (exact) mass is 234 g/mol. The lowest BCUT2D eigenvalue weighted by atomic mass is 9.81. The molecule has 2 saturated heterocycles. The van der Waals surface area contributed by atoms with E-state index in [1.807, 2.05) is 12.1 Å². The van der Waals surface area contributed by atoms with Crippen LogP contribution in [0.1, 0.15) is 30.9 Å². The molecule has 0 saturated carbocycles. The van der Waals surface area contributed by atoms with Crippen LogP contribution >= 0.6 is 0 Å². The van der Waals surface area contributed by atoms with E-state index in [1.165, 1.54) is 6.42 Å². The van der Waals surface area contributed by atoms with Gasteiger partial charge in [-0.15, -0.1) is 0 Å². The van der Waals surface area contributed by atoms with Crippen molar-refractivity contribution < 1.29 is 4.74 Å². The Balaban J connectivity index is 1.87. The van der Waals surface area contributed by atoms with Crippen molar-refractivity contribution in [2.75, 3.05) is 5.73 Å². The van der Waals surface area contributed by atoms with E-state index in [1.54, 1.807) is 6.20 Å². The van der Waals surface area contributed by atoms with E-state index in [2.05, 4.69) is 10.4 Å². The van der Waals surface area contributed by atoms with E-state index >= 15 is 0 Å². The highest BCUT2D eigenvalue weighted by molar-refractivity contribution is 5.41. The third-order valence-corrected chi connectivity index (χ3v) is 3.97. The molecule has 2 aliphatic heterocycles. The topological polar surface area (TPSA) is 86.2 Å². The van der Waals surface area contributed by atoms with Gasteiger partial charge in [0.1, 0.15) is 5.82 Å². The van der Waals surface area contributed by atoms with Gasteiger partial charge in [-0.2, -0.15) is 0 Å². The van der Waals surface area contributed by atoms with Gasteiger partial charge in [0.05, 0.1) is 18.2 Å². The lowest BCUT2D eigenvalue weighted by Crippen LogP contribution is -2.38. The lowest BCUT2D eigenvalue weighted by molar-refractivity contribution is 0.0857. The molecule has 92 valence electrons. The van der Waals surface area contributed by atoms with Gasteiger partial charge in [0.2, 0.25) is 0 Å². The summed E-state index contributed by atoms with van der Waals surface area (Å²) >= 11 is 0. The Labute approximate surface area is 101 Å². The molecular weight excluding hydrogens is 216 g/mol. The fraction of sp³-hybridized carbons (Fsp3) is 0.583. The van der Waals surface area contributed by atoms with Crippen LogP contribution in [0.5, 0.6) is 0 Å². The van der Waals surface area contributed by atoms with E-state index in [0.717, 1.165) is 18.4 Å².